The number of allylic oxidation sites excluding steroid dienone is 1. The van der Waals surface area contributed by atoms with Gasteiger partial charge in [-0.2, -0.15) is 5.10 Å². The molecule has 0 atom stereocenters. The van der Waals surface area contributed by atoms with E-state index in [1.807, 2.05) is 30.5 Å². The van der Waals surface area contributed by atoms with E-state index in [9.17, 15) is 5.11 Å². The summed E-state index contributed by atoms with van der Waals surface area (Å²) < 4.78 is 0. The number of pyridine rings is 2. The lowest BCUT2D eigenvalue weighted by Gasteiger charge is -2.23. The van der Waals surface area contributed by atoms with E-state index in [1.54, 1.807) is 18.6 Å². The molecule has 0 spiro atoms. The molecule has 3 aromatic heterocycles. The molecule has 3 aromatic rings. The van der Waals surface area contributed by atoms with Crippen molar-refractivity contribution in [2.24, 2.45) is 16.6 Å². The molecule has 0 unspecified atom stereocenters. The normalized spacial score (nSPS) is 19.5. The number of nitrogens with one attached hydrogen (secondary N) is 1. The van der Waals surface area contributed by atoms with Crippen LogP contribution >= 0.6 is 0 Å². The Morgan fingerprint density at radius 2 is 1.97 bits per heavy atom. The fraction of sp³-hybridized carbons (Fsp3) is 0.400. The number of rotatable bonds is 7. The molecule has 0 aliphatic heterocycles. The number of hydrogen-bond acceptors (Lipinski definition) is 8. The topological polar surface area (TPSA) is 122 Å². The predicted molar refractivity (Wildman–Crippen MR) is 132 cm³/mol. The quantitative estimate of drug-likeness (QED) is 0.466. The van der Waals surface area contributed by atoms with Gasteiger partial charge in [-0.3, -0.25) is 9.98 Å². The van der Waals surface area contributed by atoms with Crippen molar-refractivity contribution >= 4 is 34.5 Å². The second kappa shape index (κ2) is 10.5. The Kier molecular flexibility index (Phi) is 7.24. The summed E-state index contributed by atoms with van der Waals surface area (Å²) >= 11 is 0. The zero-order chi connectivity index (χ0) is 23.2. The van der Waals surface area contributed by atoms with Crippen LogP contribution < -0.4 is 11.1 Å². The van der Waals surface area contributed by atoms with Gasteiger partial charge in [-0.1, -0.05) is 13.8 Å². The monoisotopic (exact) mass is 445 g/mol. The standard InChI is InChI=1S/C25H31N7O/c1-16(2)18-10-25(32-29-15-18)31-24-8-7-22-23(30-24)9-19(14-28-22)20(11-26)13-27-12-17-3-5-21(33)6-4-17/h7-11,13-17,21,33H,3-6,12,26H2,1-2H3,(H,30,31,32). The minimum atomic E-state index is -0.147. The van der Waals surface area contributed by atoms with Gasteiger partial charge in [-0.25, -0.2) is 4.98 Å². The Morgan fingerprint density at radius 1 is 1.15 bits per heavy atom. The van der Waals surface area contributed by atoms with Gasteiger partial charge in [0, 0.05) is 36.3 Å². The molecular formula is C25H31N7O. The largest absolute Gasteiger partial charge is 0.404 e. The molecule has 3 heterocycles. The third-order valence-corrected chi connectivity index (χ3v) is 6.06. The second-order valence-corrected chi connectivity index (χ2v) is 8.90. The van der Waals surface area contributed by atoms with Gasteiger partial charge in [0.15, 0.2) is 5.82 Å². The van der Waals surface area contributed by atoms with Crippen LogP contribution in [0.1, 0.15) is 56.6 Å². The summed E-state index contributed by atoms with van der Waals surface area (Å²) in [6.45, 7) is 4.98. The van der Waals surface area contributed by atoms with Crippen molar-refractivity contribution in [1.82, 2.24) is 20.2 Å². The van der Waals surface area contributed by atoms with E-state index in [4.69, 9.17) is 10.7 Å². The van der Waals surface area contributed by atoms with Gasteiger partial charge in [-0.05, 0) is 67.3 Å². The van der Waals surface area contributed by atoms with E-state index in [1.165, 1.54) is 0 Å². The number of aliphatic hydroxyl groups is 1. The van der Waals surface area contributed by atoms with Crippen LogP contribution in [0.25, 0.3) is 16.6 Å². The molecule has 1 fully saturated rings. The highest BCUT2D eigenvalue weighted by molar-refractivity contribution is 6.10. The number of hydrogen-bond donors (Lipinski definition) is 3. The summed E-state index contributed by atoms with van der Waals surface area (Å²) in [5.74, 6) is 2.21. The van der Waals surface area contributed by atoms with Crippen LogP contribution in [0.15, 0.2) is 47.9 Å². The predicted octanol–water partition coefficient (Wildman–Crippen LogP) is 4.21. The van der Waals surface area contributed by atoms with E-state index in [2.05, 4.69) is 39.3 Å². The summed E-state index contributed by atoms with van der Waals surface area (Å²) in [5, 5.41) is 21.1. The third-order valence-electron chi connectivity index (χ3n) is 6.06. The molecule has 4 N–H and O–H groups in total. The summed E-state index contributed by atoms with van der Waals surface area (Å²) in [6, 6.07) is 7.74. The number of fused-ring (bicyclic) bond motifs is 1. The fourth-order valence-electron chi connectivity index (χ4n) is 3.97. The first-order valence-electron chi connectivity index (χ1n) is 11.5. The van der Waals surface area contributed by atoms with Crippen molar-refractivity contribution in [3.8, 4) is 0 Å². The van der Waals surface area contributed by atoms with Crippen molar-refractivity contribution < 1.29 is 5.11 Å². The number of aliphatic imine (C=N–C) groups is 1. The van der Waals surface area contributed by atoms with Crippen molar-refractivity contribution in [3.63, 3.8) is 0 Å². The lowest BCUT2D eigenvalue weighted by atomic mass is 9.87. The minimum Gasteiger partial charge on any atom is -0.404 e. The van der Waals surface area contributed by atoms with E-state index < -0.39 is 0 Å². The van der Waals surface area contributed by atoms with Gasteiger partial charge in [0.2, 0.25) is 0 Å². The molecule has 8 nitrogen and oxygen atoms in total. The lowest BCUT2D eigenvalue weighted by molar-refractivity contribution is 0.110. The van der Waals surface area contributed by atoms with Crippen LogP contribution in [-0.4, -0.2) is 44.1 Å². The first-order chi connectivity index (χ1) is 16.0. The molecule has 4 rings (SSSR count). The SMILES string of the molecule is CC(C)c1cnnc(Nc2ccc3ncc(C(C=NCC4CCC(O)CC4)=CN)cc3n2)c1. The van der Waals surface area contributed by atoms with Crippen LogP contribution in [0.5, 0.6) is 0 Å². The van der Waals surface area contributed by atoms with Crippen LogP contribution in [0, 0.1) is 5.92 Å². The van der Waals surface area contributed by atoms with Crippen LogP contribution in [0.4, 0.5) is 11.6 Å². The highest BCUT2D eigenvalue weighted by Gasteiger charge is 2.18. The molecule has 33 heavy (non-hydrogen) atoms. The van der Waals surface area contributed by atoms with Gasteiger partial charge >= 0.3 is 0 Å². The van der Waals surface area contributed by atoms with Crippen LogP contribution in [-0.2, 0) is 0 Å². The van der Waals surface area contributed by atoms with Gasteiger partial charge in [0.1, 0.15) is 5.82 Å². The Balaban J connectivity index is 1.49. The maximum absolute atomic E-state index is 9.66. The molecule has 1 aliphatic rings. The smallest absolute Gasteiger partial charge is 0.154 e. The molecule has 0 radical (unpaired) electrons. The Labute approximate surface area is 194 Å². The second-order valence-electron chi connectivity index (χ2n) is 8.90. The third kappa shape index (κ3) is 5.90. The Bertz CT molecular complexity index is 1150. The van der Waals surface area contributed by atoms with E-state index >= 15 is 0 Å². The molecule has 1 saturated carbocycles. The van der Waals surface area contributed by atoms with Crippen LogP contribution in [0.3, 0.4) is 0 Å². The Hall–Kier alpha value is -3.39. The maximum atomic E-state index is 9.66. The Morgan fingerprint density at radius 3 is 2.73 bits per heavy atom. The molecular weight excluding hydrogens is 414 g/mol. The average molecular weight is 446 g/mol. The molecule has 0 amide bonds. The first kappa shape index (κ1) is 22.8. The van der Waals surface area contributed by atoms with Gasteiger partial charge in [0.25, 0.3) is 0 Å². The number of nitrogens with two attached hydrogens (primary N) is 1. The number of aromatic nitrogens is 4. The highest BCUT2D eigenvalue weighted by atomic mass is 16.3. The molecule has 0 saturated heterocycles. The lowest BCUT2D eigenvalue weighted by Crippen LogP contribution is -2.19. The van der Waals surface area contributed by atoms with Gasteiger partial charge in [-0.15, -0.1) is 5.10 Å². The summed E-state index contributed by atoms with van der Waals surface area (Å²) in [7, 11) is 0. The average Bonchev–Trinajstić information content (AvgIpc) is 2.83. The molecule has 0 aromatic carbocycles. The first-order valence-corrected chi connectivity index (χ1v) is 11.5. The number of aliphatic hydroxyl groups excluding tert-OH is 1. The van der Waals surface area contributed by atoms with E-state index in [0.717, 1.165) is 60.0 Å². The fourth-order valence-corrected chi connectivity index (χ4v) is 3.97. The van der Waals surface area contributed by atoms with Crippen molar-refractivity contribution in [2.75, 3.05) is 11.9 Å². The van der Waals surface area contributed by atoms with Crippen LogP contribution in [0.2, 0.25) is 0 Å². The number of nitrogens with zero attached hydrogens (tertiary/aromatic N) is 5. The zero-order valence-electron chi connectivity index (χ0n) is 19.1. The molecule has 1 aliphatic carbocycles. The number of anilines is 2. The van der Waals surface area contributed by atoms with E-state index in [-0.39, 0.29) is 6.10 Å². The summed E-state index contributed by atoms with van der Waals surface area (Å²) in [6.07, 6.45) is 10.5. The van der Waals surface area contributed by atoms with Gasteiger partial charge in [0.05, 0.1) is 23.3 Å². The van der Waals surface area contributed by atoms with Crippen molar-refractivity contribution in [1.29, 1.82) is 0 Å². The van der Waals surface area contributed by atoms with Crippen molar-refractivity contribution in [3.05, 3.63) is 54.0 Å². The van der Waals surface area contributed by atoms with E-state index in [0.29, 0.717) is 23.5 Å². The summed E-state index contributed by atoms with van der Waals surface area (Å²) in [5.41, 5.74) is 10.2. The maximum Gasteiger partial charge on any atom is 0.154 e. The minimum absolute atomic E-state index is 0.147. The van der Waals surface area contributed by atoms with Crippen molar-refractivity contribution in [2.45, 2.75) is 51.6 Å². The molecule has 8 heteroatoms. The summed E-state index contributed by atoms with van der Waals surface area (Å²) in [4.78, 5) is 13.9. The molecule has 172 valence electrons. The zero-order valence-corrected chi connectivity index (χ0v) is 19.1. The highest BCUT2D eigenvalue weighted by Crippen LogP contribution is 2.25. The van der Waals surface area contributed by atoms with Gasteiger partial charge < -0.3 is 16.2 Å². The molecule has 0 bridgehead atoms.